The quantitative estimate of drug-likeness (QED) is 0.453. The number of nitrogens with one attached hydrogen (secondary N) is 2. The Labute approximate surface area is 172 Å². The molecular formula is C20H24BrN3O4. The van der Waals surface area contributed by atoms with Crippen molar-refractivity contribution < 1.29 is 18.7 Å². The number of benzene rings is 1. The topological polar surface area (TPSA) is 92.9 Å². The second-order valence-electron chi connectivity index (χ2n) is 6.68. The summed E-state index contributed by atoms with van der Waals surface area (Å²) >= 11 is 3.19. The molecule has 0 fully saturated rings. The number of hydrogen-bond donors (Lipinski definition) is 2. The van der Waals surface area contributed by atoms with Crippen LogP contribution >= 0.6 is 15.9 Å². The van der Waals surface area contributed by atoms with Crippen LogP contribution in [-0.2, 0) is 9.59 Å². The van der Waals surface area contributed by atoms with E-state index in [0.717, 1.165) is 5.56 Å². The highest BCUT2D eigenvalue weighted by Crippen LogP contribution is 2.16. The lowest BCUT2D eigenvalue weighted by atomic mass is 10.0. The van der Waals surface area contributed by atoms with E-state index in [-0.39, 0.29) is 18.4 Å². The van der Waals surface area contributed by atoms with E-state index in [0.29, 0.717) is 22.6 Å². The third kappa shape index (κ3) is 7.19. The first-order valence-electron chi connectivity index (χ1n) is 8.91. The normalized spacial score (nSPS) is 12.2. The minimum absolute atomic E-state index is 0.170. The average molecular weight is 450 g/mol. The first-order valence-corrected chi connectivity index (χ1v) is 9.70. The van der Waals surface area contributed by atoms with Crippen LogP contribution in [0.5, 0.6) is 5.75 Å². The predicted molar refractivity (Wildman–Crippen MR) is 110 cm³/mol. The molecular weight excluding hydrogens is 426 g/mol. The monoisotopic (exact) mass is 449 g/mol. The van der Waals surface area contributed by atoms with Crippen molar-refractivity contribution >= 4 is 34.0 Å². The maximum Gasteiger partial charge on any atom is 0.262 e. The zero-order valence-electron chi connectivity index (χ0n) is 16.1. The highest BCUT2D eigenvalue weighted by Gasteiger charge is 2.22. The molecule has 0 unspecified atom stereocenters. The summed E-state index contributed by atoms with van der Waals surface area (Å²) < 4.78 is 11.4. The van der Waals surface area contributed by atoms with Gasteiger partial charge in [0.05, 0.1) is 6.21 Å². The number of rotatable bonds is 9. The van der Waals surface area contributed by atoms with Crippen molar-refractivity contribution in [3.63, 3.8) is 0 Å². The largest absolute Gasteiger partial charge is 0.484 e. The van der Waals surface area contributed by atoms with Crippen LogP contribution in [0.25, 0.3) is 0 Å². The van der Waals surface area contributed by atoms with Gasteiger partial charge in [-0.1, -0.05) is 32.0 Å². The molecule has 0 radical (unpaired) electrons. The first kappa shape index (κ1) is 21.7. The van der Waals surface area contributed by atoms with Crippen LogP contribution < -0.4 is 15.5 Å². The van der Waals surface area contributed by atoms with Gasteiger partial charge in [0.15, 0.2) is 11.3 Å². The van der Waals surface area contributed by atoms with Gasteiger partial charge in [-0.25, -0.2) is 5.43 Å². The minimum atomic E-state index is -0.714. The number of halogens is 1. The predicted octanol–water partition coefficient (Wildman–Crippen LogP) is 3.41. The van der Waals surface area contributed by atoms with Crippen molar-refractivity contribution in [2.45, 2.75) is 33.2 Å². The molecule has 0 aliphatic carbocycles. The molecule has 8 heteroatoms. The third-order valence-corrected chi connectivity index (χ3v) is 4.20. The van der Waals surface area contributed by atoms with Crippen molar-refractivity contribution in [1.29, 1.82) is 0 Å². The fraction of sp³-hybridized carbons (Fsp3) is 0.350. The van der Waals surface area contributed by atoms with Crippen LogP contribution in [0.15, 0.2) is 50.6 Å². The molecule has 2 amide bonds. The summed E-state index contributed by atoms with van der Waals surface area (Å²) in [4.78, 5) is 24.7. The van der Waals surface area contributed by atoms with Crippen molar-refractivity contribution in [3.05, 3.63) is 52.4 Å². The lowest BCUT2D eigenvalue weighted by Gasteiger charge is -2.19. The molecule has 0 bridgehead atoms. The molecule has 1 aromatic carbocycles. The summed E-state index contributed by atoms with van der Waals surface area (Å²) in [5.74, 6) is 0.557. The van der Waals surface area contributed by atoms with Gasteiger partial charge in [-0.05, 0) is 59.0 Å². The standard InChI is InChI=1S/C20H24BrN3O4/c1-13(2)10-16(20(26)24-22-11-15-8-9-18(21)28-15)23-19(25)12-27-17-7-5-4-6-14(17)3/h4-9,11,13,16H,10,12H2,1-3H3,(H,23,25)(H,24,26)/b22-11-/t16-/m0/s1. The molecule has 2 N–H and O–H groups in total. The number of aryl methyl sites for hydroxylation is 1. The maximum atomic E-state index is 12.4. The van der Waals surface area contributed by atoms with Crippen molar-refractivity contribution in [1.82, 2.24) is 10.7 Å². The average Bonchev–Trinajstić information content (AvgIpc) is 3.05. The third-order valence-electron chi connectivity index (χ3n) is 3.77. The van der Waals surface area contributed by atoms with Gasteiger partial charge in [0.2, 0.25) is 0 Å². The van der Waals surface area contributed by atoms with E-state index in [1.807, 2.05) is 39.0 Å². The lowest BCUT2D eigenvalue weighted by molar-refractivity contribution is -0.130. The van der Waals surface area contributed by atoms with Crippen LogP contribution in [0, 0.1) is 12.8 Å². The van der Waals surface area contributed by atoms with Gasteiger partial charge < -0.3 is 14.5 Å². The number of hydrazone groups is 1. The molecule has 28 heavy (non-hydrogen) atoms. The minimum Gasteiger partial charge on any atom is -0.484 e. The number of hydrogen-bond acceptors (Lipinski definition) is 5. The smallest absolute Gasteiger partial charge is 0.262 e. The highest BCUT2D eigenvalue weighted by atomic mass is 79.9. The number of carbonyl (C=O) groups is 2. The molecule has 0 aliphatic heterocycles. The van der Waals surface area contributed by atoms with Crippen molar-refractivity contribution in [2.24, 2.45) is 11.0 Å². The highest BCUT2D eigenvalue weighted by molar-refractivity contribution is 9.10. The van der Waals surface area contributed by atoms with E-state index in [1.165, 1.54) is 6.21 Å². The second kappa shape index (κ2) is 10.7. The Kier molecular flexibility index (Phi) is 8.25. The molecule has 0 aliphatic rings. The fourth-order valence-corrected chi connectivity index (χ4v) is 2.75. The van der Waals surface area contributed by atoms with Gasteiger partial charge in [0.1, 0.15) is 17.6 Å². The molecule has 150 valence electrons. The summed E-state index contributed by atoms with van der Waals surface area (Å²) in [6.45, 7) is 5.67. The number of furan rings is 1. The summed E-state index contributed by atoms with van der Waals surface area (Å²) in [5, 5.41) is 6.58. The number of ether oxygens (including phenoxy) is 1. The zero-order chi connectivity index (χ0) is 20.5. The summed E-state index contributed by atoms with van der Waals surface area (Å²) in [6, 6.07) is 10.1. The number of para-hydroxylation sites is 1. The molecule has 1 heterocycles. The Morgan fingerprint density at radius 1 is 1.25 bits per heavy atom. The van der Waals surface area contributed by atoms with Crippen LogP contribution in [-0.4, -0.2) is 30.7 Å². The Bertz CT molecular complexity index is 832. The zero-order valence-corrected chi connectivity index (χ0v) is 17.7. The first-order chi connectivity index (χ1) is 13.3. The summed E-state index contributed by atoms with van der Waals surface area (Å²) in [5.41, 5.74) is 3.37. The van der Waals surface area contributed by atoms with Gasteiger partial charge in [-0.2, -0.15) is 5.10 Å². The molecule has 0 saturated heterocycles. The Balaban J connectivity index is 1.90. The van der Waals surface area contributed by atoms with Gasteiger partial charge in [0.25, 0.3) is 11.8 Å². The van der Waals surface area contributed by atoms with Crippen LogP contribution in [0.2, 0.25) is 0 Å². The Morgan fingerprint density at radius 3 is 2.64 bits per heavy atom. The lowest BCUT2D eigenvalue weighted by Crippen LogP contribution is -2.47. The molecule has 2 rings (SSSR count). The van der Waals surface area contributed by atoms with Gasteiger partial charge in [0, 0.05) is 0 Å². The van der Waals surface area contributed by atoms with Crippen LogP contribution in [0.1, 0.15) is 31.6 Å². The van der Waals surface area contributed by atoms with E-state index in [1.54, 1.807) is 18.2 Å². The van der Waals surface area contributed by atoms with Crippen LogP contribution in [0.3, 0.4) is 0 Å². The Hall–Kier alpha value is -2.61. The van der Waals surface area contributed by atoms with E-state index >= 15 is 0 Å². The number of nitrogens with zero attached hydrogens (tertiary/aromatic N) is 1. The van der Waals surface area contributed by atoms with Gasteiger partial charge in [-0.15, -0.1) is 0 Å². The van der Waals surface area contributed by atoms with E-state index in [4.69, 9.17) is 9.15 Å². The molecule has 2 aromatic rings. The summed E-state index contributed by atoms with van der Waals surface area (Å²) in [6.07, 6.45) is 1.86. The van der Waals surface area contributed by atoms with Gasteiger partial charge >= 0.3 is 0 Å². The van der Waals surface area contributed by atoms with Crippen molar-refractivity contribution in [3.8, 4) is 5.75 Å². The Morgan fingerprint density at radius 2 is 2.00 bits per heavy atom. The van der Waals surface area contributed by atoms with Gasteiger partial charge in [-0.3, -0.25) is 9.59 Å². The van der Waals surface area contributed by atoms with Crippen molar-refractivity contribution in [2.75, 3.05) is 6.61 Å². The van der Waals surface area contributed by atoms with Crippen LogP contribution in [0.4, 0.5) is 0 Å². The molecule has 1 aromatic heterocycles. The summed E-state index contributed by atoms with van der Waals surface area (Å²) in [7, 11) is 0. The molecule has 1 atom stereocenters. The molecule has 0 spiro atoms. The van der Waals surface area contributed by atoms with E-state index in [2.05, 4.69) is 31.8 Å². The molecule has 0 saturated carbocycles. The molecule has 7 nitrogen and oxygen atoms in total. The second-order valence-corrected chi connectivity index (χ2v) is 7.46. The number of amides is 2. The van der Waals surface area contributed by atoms with E-state index < -0.39 is 11.9 Å². The van der Waals surface area contributed by atoms with E-state index in [9.17, 15) is 9.59 Å². The maximum absolute atomic E-state index is 12.4. The number of carbonyl (C=O) groups excluding carboxylic acids is 2. The fourth-order valence-electron chi connectivity index (χ4n) is 2.44. The SMILES string of the molecule is Cc1ccccc1OCC(=O)N[C@@H](CC(C)C)C(=O)N/N=C\c1ccc(Br)o1.